The highest BCUT2D eigenvalue weighted by atomic mass is 31.2. The molecule has 0 aromatic rings. The number of aldehydes is 1. The summed E-state index contributed by atoms with van der Waals surface area (Å²) in [5.41, 5.74) is -0.971. The Morgan fingerprint density at radius 1 is 0.837 bits per heavy atom. The lowest BCUT2D eigenvalue weighted by Gasteiger charge is -2.27. The van der Waals surface area contributed by atoms with Crippen molar-refractivity contribution in [3.63, 3.8) is 0 Å². The summed E-state index contributed by atoms with van der Waals surface area (Å²) in [6.45, 7) is 19.1. The first-order valence-electron chi connectivity index (χ1n) is 14.0. The molecular weight excluding hydrogens is 575 g/mol. The Bertz CT molecular complexity index is 961. The van der Waals surface area contributed by atoms with Gasteiger partial charge < -0.3 is 28.5 Å². The van der Waals surface area contributed by atoms with Crippen LogP contribution in [0.25, 0.3) is 0 Å². The van der Waals surface area contributed by atoms with Crippen LogP contribution in [0.1, 0.15) is 95.9 Å². The molecule has 0 aromatic heterocycles. The van der Waals surface area contributed by atoms with Gasteiger partial charge >= 0.3 is 18.2 Å². The maximum Gasteiger partial charge on any atom is 0.410 e. The molecule has 252 valence electrons. The highest BCUT2D eigenvalue weighted by Gasteiger charge is 2.32. The number of likely N-dealkylation sites (tertiary alicyclic amines) is 2. The predicted octanol–water partition coefficient (Wildman–Crippen LogP) is 6.56. The van der Waals surface area contributed by atoms with Gasteiger partial charge in [-0.3, -0.25) is 14.5 Å². The van der Waals surface area contributed by atoms with Gasteiger partial charge in [0.1, 0.15) is 17.5 Å². The first kappa shape index (κ1) is 44.8. The quantitative estimate of drug-likeness (QED) is 0.105. The number of carbonyl (C=O) groups excluding carboxylic acids is 5. The van der Waals surface area contributed by atoms with Crippen LogP contribution in [-0.2, 0) is 33.2 Å². The molecule has 2 amide bonds. The lowest BCUT2D eigenvalue weighted by Crippen LogP contribution is -2.40. The van der Waals surface area contributed by atoms with Crippen LogP contribution >= 0.6 is 7.14 Å². The van der Waals surface area contributed by atoms with Gasteiger partial charge in [-0.2, -0.15) is 0 Å². The van der Waals surface area contributed by atoms with Crippen molar-refractivity contribution >= 4 is 37.4 Å². The van der Waals surface area contributed by atoms with Gasteiger partial charge in [0.05, 0.1) is 32.0 Å². The Morgan fingerprint density at radius 3 is 1.60 bits per heavy atom. The minimum atomic E-state index is -2.23. The number of esters is 1. The molecule has 43 heavy (non-hydrogen) atoms. The molecule has 2 rings (SSSR count). The number of carbonyl (C=O) groups is 5. The Balaban J connectivity index is -0.000000564. The molecule has 0 unspecified atom stereocenters. The summed E-state index contributed by atoms with van der Waals surface area (Å²) in [6.07, 6.45) is 6.98. The van der Waals surface area contributed by atoms with E-state index in [4.69, 9.17) is 9.47 Å². The summed E-state index contributed by atoms with van der Waals surface area (Å²) < 4.78 is 26.1. The fourth-order valence-electron chi connectivity index (χ4n) is 3.79. The van der Waals surface area contributed by atoms with Crippen molar-refractivity contribution in [3.05, 3.63) is 12.2 Å². The standard InChI is InChI=1S/C13H21NO3.C10H17NO3.C6H13O3P.2CH4/c1-10(15)7-8-11-6-5-9-14(11)12(16)17-13(2,3)4;1-10(2,3)14-9(13)11-6-4-5-8(11)7-12;1-4-9-6(7)5-10(2,3)8;;/h7-8,11H,5-6,9H2,1-4H3;7-8H,4-6H2,1-3H3;4-5H2,1-3H3;2*1H4/b8-7+;;;;/t11-;8-;;;/m00.../s1. The third-order valence-electron chi connectivity index (χ3n) is 5.38. The minimum absolute atomic E-state index is 0. The first-order valence-corrected chi connectivity index (χ1v) is 16.8. The van der Waals surface area contributed by atoms with Crippen LogP contribution in [0.2, 0.25) is 0 Å². The molecule has 2 heterocycles. The van der Waals surface area contributed by atoms with Gasteiger partial charge in [0, 0.05) is 13.1 Å². The van der Waals surface area contributed by atoms with Crippen LogP contribution in [0.5, 0.6) is 0 Å². The van der Waals surface area contributed by atoms with Crippen LogP contribution in [0.15, 0.2) is 12.2 Å². The fourth-order valence-corrected chi connectivity index (χ4v) is 4.50. The topological polar surface area (TPSA) is 137 Å². The summed E-state index contributed by atoms with van der Waals surface area (Å²) >= 11 is 0. The van der Waals surface area contributed by atoms with Crippen molar-refractivity contribution in [2.75, 3.05) is 39.2 Å². The van der Waals surface area contributed by atoms with E-state index in [1.54, 1.807) is 31.2 Å². The number of rotatable bonds is 6. The molecule has 2 aliphatic rings. The third kappa shape index (κ3) is 21.6. The number of amides is 2. The van der Waals surface area contributed by atoms with Crippen molar-refractivity contribution in [1.82, 2.24) is 9.80 Å². The van der Waals surface area contributed by atoms with E-state index in [0.29, 0.717) is 19.7 Å². The molecule has 0 aliphatic carbocycles. The van der Waals surface area contributed by atoms with E-state index >= 15 is 0 Å². The molecule has 0 aromatic carbocycles. The summed E-state index contributed by atoms with van der Waals surface area (Å²) in [6, 6.07) is -0.293. The summed E-state index contributed by atoms with van der Waals surface area (Å²) in [7, 11) is -2.23. The first-order chi connectivity index (χ1) is 18.7. The molecule has 0 bridgehead atoms. The Kier molecular flexibility index (Phi) is 21.1. The zero-order valence-corrected chi connectivity index (χ0v) is 27.5. The zero-order valence-electron chi connectivity index (χ0n) is 26.6. The van der Waals surface area contributed by atoms with Crippen LogP contribution in [-0.4, -0.2) is 102 Å². The van der Waals surface area contributed by atoms with Gasteiger partial charge in [-0.25, -0.2) is 9.59 Å². The molecule has 0 radical (unpaired) electrons. The number of hydrogen-bond acceptors (Lipinski definition) is 9. The number of allylic oxidation sites excluding steroid dienone is 1. The van der Waals surface area contributed by atoms with Crippen LogP contribution < -0.4 is 0 Å². The van der Waals surface area contributed by atoms with E-state index in [1.807, 2.05) is 41.5 Å². The van der Waals surface area contributed by atoms with Crippen molar-refractivity contribution in [1.29, 1.82) is 0 Å². The lowest BCUT2D eigenvalue weighted by atomic mass is 10.2. The average molecular weight is 635 g/mol. The van der Waals surface area contributed by atoms with Crippen LogP contribution in [0, 0.1) is 0 Å². The zero-order chi connectivity index (χ0) is 32.0. The number of hydrogen-bond donors (Lipinski definition) is 0. The van der Waals surface area contributed by atoms with Gasteiger partial charge in [0.15, 0.2) is 5.78 Å². The minimum Gasteiger partial charge on any atom is -0.466 e. The molecule has 2 atom stereocenters. The van der Waals surface area contributed by atoms with Crippen LogP contribution in [0.4, 0.5) is 9.59 Å². The normalized spacial score (nSPS) is 18.1. The molecular formula is C31H59N2O9P. The maximum atomic E-state index is 11.9. The van der Waals surface area contributed by atoms with Crippen molar-refractivity contribution < 1.29 is 42.7 Å². The smallest absolute Gasteiger partial charge is 0.410 e. The molecule has 2 saturated heterocycles. The average Bonchev–Trinajstić information content (AvgIpc) is 3.44. The molecule has 0 saturated carbocycles. The monoisotopic (exact) mass is 634 g/mol. The van der Waals surface area contributed by atoms with E-state index in [-0.39, 0.29) is 57.0 Å². The SMILES string of the molecule is C.C.CC(=O)/C=C/[C@@H]1CCCN1C(=O)OC(C)(C)C.CC(C)(C)OC(=O)N1CCC[C@H]1C=O.CCOC(=O)CP(C)(C)=O. The number of ketones is 1. The summed E-state index contributed by atoms with van der Waals surface area (Å²) in [5, 5.41) is 0. The molecule has 2 aliphatic heterocycles. The van der Waals surface area contributed by atoms with E-state index < -0.39 is 18.3 Å². The lowest BCUT2D eigenvalue weighted by molar-refractivity contribution is -0.140. The third-order valence-corrected chi connectivity index (χ3v) is 6.40. The number of nitrogens with zero attached hydrogens (tertiary/aromatic N) is 2. The van der Waals surface area contributed by atoms with Gasteiger partial charge in [0.25, 0.3) is 0 Å². The second-order valence-corrected chi connectivity index (χ2v) is 15.9. The van der Waals surface area contributed by atoms with E-state index in [2.05, 4.69) is 4.74 Å². The predicted molar refractivity (Wildman–Crippen MR) is 172 cm³/mol. The Labute approximate surface area is 260 Å². The molecule has 0 N–H and O–H groups in total. The fraction of sp³-hybridized carbons (Fsp3) is 0.774. The van der Waals surface area contributed by atoms with E-state index in [0.717, 1.165) is 32.0 Å². The maximum absolute atomic E-state index is 11.9. The number of ether oxygens (including phenoxy) is 3. The second-order valence-electron chi connectivity index (χ2n) is 12.4. The van der Waals surface area contributed by atoms with Crippen molar-refractivity contribution in [2.24, 2.45) is 0 Å². The van der Waals surface area contributed by atoms with Crippen molar-refractivity contribution in [3.8, 4) is 0 Å². The van der Waals surface area contributed by atoms with Gasteiger partial charge in [-0.15, -0.1) is 0 Å². The van der Waals surface area contributed by atoms with Gasteiger partial charge in [-0.1, -0.05) is 20.9 Å². The summed E-state index contributed by atoms with van der Waals surface area (Å²) in [5.74, 6) is -0.364. The van der Waals surface area contributed by atoms with E-state index in [9.17, 15) is 28.5 Å². The molecule has 12 heteroatoms. The van der Waals surface area contributed by atoms with Crippen LogP contribution in [0.3, 0.4) is 0 Å². The highest BCUT2D eigenvalue weighted by molar-refractivity contribution is 7.63. The Morgan fingerprint density at radius 2 is 1.26 bits per heavy atom. The highest BCUT2D eigenvalue weighted by Crippen LogP contribution is 2.35. The second kappa shape index (κ2) is 20.3. The summed E-state index contributed by atoms with van der Waals surface area (Å²) in [4.78, 5) is 58.8. The molecule has 2 fully saturated rings. The van der Waals surface area contributed by atoms with Gasteiger partial charge in [-0.05, 0) is 100 Å². The van der Waals surface area contributed by atoms with Gasteiger partial charge in [0.2, 0.25) is 0 Å². The molecule has 0 spiro atoms. The Hall–Kier alpha value is -2.68. The van der Waals surface area contributed by atoms with E-state index in [1.165, 1.54) is 17.9 Å². The molecule has 11 nitrogen and oxygen atoms in total. The van der Waals surface area contributed by atoms with Crippen molar-refractivity contribution in [2.45, 2.75) is 119 Å². The largest absolute Gasteiger partial charge is 0.466 e.